The number of rotatable bonds is 6. The molecule has 0 saturated carbocycles. The van der Waals surface area contributed by atoms with Crippen LogP contribution in [0.3, 0.4) is 0 Å². The van der Waals surface area contributed by atoms with Crippen molar-refractivity contribution >= 4 is 22.8 Å². The third-order valence-electron chi connectivity index (χ3n) is 6.34. The minimum Gasteiger partial charge on any atom is -0.456 e. The number of aromatic nitrogens is 3. The fourth-order valence-electron chi connectivity index (χ4n) is 4.74. The first-order chi connectivity index (χ1) is 17.0. The molecule has 6 rings (SSSR count). The fourth-order valence-corrected chi connectivity index (χ4v) is 5.01. The minimum absolute atomic E-state index is 0.0828. The van der Waals surface area contributed by atoms with Crippen molar-refractivity contribution in [1.29, 1.82) is 0 Å². The zero-order chi connectivity index (χ0) is 23.9. The van der Waals surface area contributed by atoms with E-state index in [0.29, 0.717) is 41.1 Å². The number of pyridine rings is 1. The van der Waals surface area contributed by atoms with Crippen LogP contribution in [0.1, 0.15) is 13.8 Å². The van der Waals surface area contributed by atoms with Gasteiger partial charge >= 0.3 is 0 Å². The number of nitrogens with zero attached hydrogens (tertiary/aromatic N) is 2. The van der Waals surface area contributed by atoms with Gasteiger partial charge in [-0.2, -0.15) is 4.98 Å². The Balaban J connectivity index is 1.21. The van der Waals surface area contributed by atoms with Gasteiger partial charge in [-0.25, -0.2) is 4.98 Å². The number of benzene rings is 2. The second-order valence-electron chi connectivity index (χ2n) is 9.15. The standard InChI is InChI=1S/C27H26ClN3O4/c1-15(2)34-21-13-32-25-22(14-33-24(21)25)35-27-29-20-12-19(28)23(30-26(20)31-27)18-10-8-17(9-11-18)16-6-4-3-5-7-16/h3-12,15,21-22,24-25H,13-14H2,1-2H3,(H,29,30,31)/t21-,22-,24-,25?/m1/s1. The molecule has 2 aromatic carbocycles. The van der Waals surface area contributed by atoms with E-state index in [4.69, 9.17) is 35.5 Å². The summed E-state index contributed by atoms with van der Waals surface area (Å²) in [6.07, 6.45) is -0.574. The quantitative estimate of drug-likeness (QED) is 0.395. The number of H-pyrrole nitrogens is 1. The van der Waals surface area contributed by atoms with Gasteiger partial charge < -0.3 is 23.9 Å². The number of ether oxygens (including phenoxy) is 4. The van der Waals surface area contributed by atoms with Crippen molar-refractivity contribution in [1.82, 2.24) is 15.0 Å². The molecule has 7 nitrogen and oxygen atoms in total. The molecule has 0 radical (unpaired) electrons. The van der Waals surface area contributed by atoms with Crippen molar-refractivity contribution in [2.45, 2.75) is 44.4 Å². The maximum absolute atomic E-state index is 6.60. The Morgan fingerprint density at radius 2 is 1.54 bits per heavy atom. The molecule has 2 fully saturated rings. The molecule has 4 aromatic rings. The van der Waals surface area contributed by atoms with Crippen LogP contribution in [0.25, 0.3) is 33.5 Å². The van der Waals surface area contributed by atoms with E-state index in [1.807, 2.05) is 50.2 Å². The average Bonchev–Trinajstić information content (AvgIpc) is 3.55. The molecule has 2 aliphatic rings. The van der Waals surface area contributed by atoms with Gasteiger partial charge in [0.2, 0.25) is 0 Å². The number of nitrogens with one attached hydrogen (secondary N) is 1. The molecule has 180 valence electrons. The van der Waals surface area contributed by atoms with E-state index in [1.54, 1.807) is 0 Å². The summed E-state index contributed by atoms with van der Waals surface area (Å²) < 4.78 is 23.9. The van der Waals surface area contributed by atoms with Crippen LogP contribution >= 0.6 is 11.6 Å². The Hall–Kier alpha value is -2.97. The van der Waals surface area contributed by atoms with E-state index in [9.17, 15) is 0 Å². The van der Waals surface area contributed by atoms with Gasteiger partial charge in [-0.3, -0.25) is 0 Å². The normalized spacial score (nSPS) is 23.8. The predicted molar refractivity (Wildman–Crippen MR) is 134 cm³/mol. The van der Waals surface area contributed by atoms with E-state index in [2.05, 4.69) is 34.2 Å². The van der Waals surface area contributed by atoms with E-state index in [-0.39, 0.29) is 30.5 Å². The molecular weight excluding hydrogens is 466 g/mol. The van der Waals surface area contributed by atoms with Gasteiger partial charge in [0, 0.05) is 5.56 Å². The molecule has 0 aliphatic carbocycles. The highest BCUT2D eigenvalue weighted by Gasteiger charge is 2.50. The number of halogens is 1. The SMILES string of the molecule is CC(C)O[C@@H]1COC2[C@H](Oc3nc4nc(-c5ccc(-c6ccccc6)cc5)c(Cl)cc4[nH]3)CO[C@@H]21. The topological polar surface area (TPSA) is 78.5 Å². The summed E-state index contributed by atoms with van der Waals surface area (Å²) in [5.41, 5.74) is 5.13. The Morgan fingerprint density at radius 3 is 2.29 bits per heavy atom. The molecule has 2 saturated heterocycles. The first-order valence-corrected chi connectivity index (χ1v) is 12.2. The summed E-state index contributed by atoms with van der Waals surface area (Å²) >= 11 is 6.60. The van der Waals surface area contributed by atoms with Crippen molar-refractivity contribution in [2.75, 3.05) is 13.2 Å². The molecule has 2 aliphatic heterocycles. The predicted octanol–water partition coefficient (Wildman–Crippen LogP) is 5.28. The Kier molecular flexibility index (Phi) is 5.94. The highest BCUT2D eigenvalue weighted by atomic mass is 35.5. The van der Waals surface area contributed by atoms with Crippen LogP contribution in [0.2, 0.25) is 5.02 Å². The molecule has 35 heavy (non-hydrogen) atoms. The number of hydrogen-bond acceptors (Lipinski definition) is 6. The summed E-state index contributed by atoms with van der Waals surface area (Å²) in [6.45, 7) is 4.93. The Labute approximate surface area is 208 Å². The van der Waals surface area contributed by atoms with Crippen molar-refractivity contribution in [3.8, 4) is 28.4 Å². The van der Waals surface area contributed by atoms with Crippen LogP contribution in [0.15, 0.2) is 60.7 Å². The monoisotopic (exact) mass is 491 g/mol. The van der Waals surface area contributed by atoms with Crippen molar-refractivity contribution in [3.05, 3.63) is 65.7 Å². The first-order valence-electron chi connectivity index (χ1n) is 11.8. The summed E-state index contributed by atoms with van der Waals surface area (Å²) in [6, 6.07) is 20.6. The molecule has 1 unspecified atom stereocenters. The lowest BCUT2D eigenvalue weighted by molar-refractivity contribution is -0.0600. The highest BCUT2D eigenvalue weighted by Crippen LogP contribution is 2.34. The lowest BCUT2D eigenvalue weighted by Crippen LogP contribution is -2.36. The van der Waals surface area contributed by atoms with Crippen LogP contribution in [-0.4, -0.2) is 58.7 Å². The zero-order valence-corrected chi connectivity index (χ0v) is 20.2. The molecule has 0 amide bonds. The fraction of sp³-hybridized carbons (Fsp3) is 0.333. The lowest BCUT2D eigenvalue weighted by Gasteiger charge is -2.19. The summed E-state index contributed by atoms with van der Waals surface area (Å²) in [5, 5.41) is 0.539. The van der Waals surface area contributed by atoms with Gasteiger partial charge in [0.15, 0.2) is 11.8 Å². The number of fused-ring (bicyclic) bond motifs is 2. The zero-order valence-electron chi connectivity index (χ0n) is 19.5. The lowest BCUT2D eigenvalue weighted by atomic mass is 10.0. The van der Waals surface area contributed by atoms with Gasteiger partial charge in [0.05, 0.1) is 35.6 Å². The van der Waals surface area contributed by atoms with Crippen molar-refractivity contribution in [3.63, 3.8) is 0 Å². The Morgan fingerprint density at radius 1 is 0.886 bits per heavy atom. The van der Waals surface area contributed by atoms with Gasteiger partial charge in [-0.05, 0) is 31.0 Å². The molecular formula is C27H26ClN3O4. The smallest absolute Gasteiger partial charge is 0.296 e. The van der Waals surface area contributed by atoms with Gasteiger partial charge in [-0.15, -0.1) is 0 Å². The average molecular weight is 492 g/mol. The maximum Gasteiger partial charge on any atom is 0.296 e. The summed E-state index contributed by atoms with van der Waals surface area (Å²) in [4.78, 5) is 12.5. The minimum atomic E-state index is -0.276. The molecule has 1 N–H and O–H groups in total. The first kappa shape index (κ1) is 22.5. The highest BCUT2D eigenvalue weighted by molar-refractivity contribution is 6.33. The van der Waals surface area contributed by atoms with E-state index in [0.717, 1.165) is 16.7 Å². The number of hydrogen-bond donors (Lipinski definition) is 1. The molecule has 0 bridgehead atoms. The van der Waals surface area contributed by atoms with Crippen LogP contribution < -0.4 is 4.74 Å². The second kappa shape index (κ2) is 9.24. The van der Waals surface area contributed by atoms with Gasteiger partial charge in [-0.1, -0.05) is 66.2 Å². The van der Waals surface area contributed by atoms with Gasteiger partial charge in [0.1, 0.15) is 18.3 Å². The molecule has 0 spiro atoms. The molecule has 2 aromatic heterocycles. The number of aromatic amines is 1. The van der Waals surface area contributed by atoms with Crippen LogP contribution in [0.5, 0.6) is 6.01 Å². The van der Waals surface area contributed by atoms with Crippen molar-refractivity contribution in [2.24, 2.45) is 0 Å². The van der Waals surface area contributed by atoms with E-state index < -0.39 is 0 Å². The molecule has 4 heterocycles. The van der Waals surface area contributed by atoms with E-state index >= 15 is 0 Å². The van der Waals surface area contributed by atoms with Crippen LogP contribution in [0.4, 0.5) is 0 Å². The van der Waals surface area contributed by atoms with Gasteiger partial charge in [0.25, 0.3) is 6.01 Å². The van der Waals surface area contributed by atoms with Crippen LogP contribution in [-0.2, 0) is 14.2 Å². The molecule has 4 atom stereocenters. The Bertz CT molecular complexity index is 1330. The third kappa shape index (κ3) is 4.41. The van der Waals surface area contributed by atoms with Crippen LogP contribution in [0, 0.1) is 0 Å². The summed E-state index contributed by atoms with van der Waals surface area (Å²) in [7, 11) is 0. The third-order valence-corrected chi connectivity index (χ3v) is 6.63. The second-order valence-corrected chi connectivity index (χ2v) is 9.56. The van der Waals surface area contributed by atoms with E-state index in [1.165, 1.54) is 0 Å². The summed E-state index contributed by atoms with van der Waals surface area (Å²) in [5.74, 6) is 0. The molecule has 8 heteroatoms. The number of imidazole rings is 1. The van der Waals surface area contributed by atoms with Crippen molar-refractivity contribution < 1.29 is 18.9 Å². The largest absolute Gasteiger partial charge is 0.456 e. The maximum atomic E-state index is 6.60.